The molecule has 0 amide bonds. The summed E-state index contributed by atoms with van der Waals surface area (Å²) in [5, 5.41) is 5.51. The molecule has 2 aliphatic rings. The number of carbonyl (C=O) groups is 1. The molecule has 1 N–H and O–H groups in total. The first-order valence-corrected chi connectivity index (χ1v) is 12.5. The van der Waals surface area contributed by atoms with Gasteiger partial charge in [0, 0.05) is 68.1 Å². The molecule has 2 fully saturated rings. The fraction of sp³-hybridized carbons (Fsp3) is 0.423. The third-order valence-corrected chi connectivity index (χ3v) is 7.30. The normalized spacial score (nSPS) is 17.9. The van der Waals surface area contributed by atoms with Gasteiger partial charge in [-0.3, -0.25) is 14.8 Å². The summed E-state index contributed by atoms with van der Waals surface area (Å²) in [6.45, 7) is 5.18. The Labute approximate surface area is 204 Å². The van der Waals surface area contributed by atoms with Crippen LogP contribution in [0.2, 0.25) is 0 Å². The number of hydrogen-bond acceptors (Lipinski definition) is 8. The highest BCUT2D eigenvalue weighted by Gasteiger charge is 2.23. The van der Waals surface area contributed by atoms with Crippen molar-refractivity contribution in [3.63, 3.8) is 0 Å². The van der Waals surface area contributed by atoms with Crippen molar-refractivity contribution in [3.05, 3.63) is 48.5 Å². The van der Waals surface area contributed by atoms with E-state index in [4.69, 9.17) is 4.98 Å². The second-order valence-electron chi connectivity index (χ2n) is 9.55. The molecule has 1 saturated carbocycles. The van der Waals surface area contributed by atoms with Crippen LogP contribution in [0.3, 0.4) is 0 Å². The van der Waals surface area contributed by atoms with E-state index in [0.717, 1.165) is 66.8 Å². The number of hydrogen-bond donors (Lipinski definition) is 1. The van der Waals surface area contributed by atoms with Crippen LogP contribution in [0, 0.1) is 0 Å². The quantitative estimate of drug-likeness (QED) is 0.410. The molecule has 9 heteroatoms. The van der Waals surface area contributed by atoms with E-state index in [9.17, 15) is 4.79 Å². The molecule has 35 heavy (non-hydrogen) atoms. The predicted molar refractivity (Wildman–Crippen MR) is 136 cm³/mol. The van der Waals surface area contributed by atoms with E-state index in [1.54, 1.807) is 0 Å². The van der Waals surface area contributed by atoms with Gasteiger partial charge in [-0.1, -0.05) is 18.9 Å². The number of anilines is 2. The second kappa shape index (κ2) is 9.67. The van der Waals surface area contributed by atoms with Crippen LogP contribution >= 0.6 is 0 Å². The van der Waals surface area contributed by atoms with Gasteiger partial charge in [-0.2, -0.15) is 4.98 Å². The lowest BCUT2D eigenvalue weighted by molar-refractivity contribution is -0.109. The highest BCUT2D eigenvalue weighted by Crippen LogP contribution is 2.37. The molecule has 1 aliphatic carbocycles. The smallest absolute Gasteiger partial charge is 0.230 e. The number of rotatable bonds is 7. The number of aromatic nitrogens is 5. The van der Waals surface area contributed by atoms with E-state index in [2.05, 4.69) is 46.8 Å². The first-order chi connectivity index (χ1) is 17.3. The standard InChI is InChI=1S/C26H30N8O/c35-14-13-32-9-11-33(12-10-32)18-19-5-6-24(28-15-19)30-26-29-16-22-21-7-8-27-17-23(21)34(25(22)31-26)20-3-1-2-4-20/h5-8,14-17,20H,1-4,9-13,18H2,(H,28,29,30,31). The number of nitrogens with zero attached hydrogens (tertiary/aromatic N) is 7. The number of pyridine rings is 2. The molecule has 0 atom stereocenters. The van der Waals surface area contributed by atoms with E-state index < -0.39 is 0 Å². The first-order valence-electron chi connectivity index (χ1n) is 12.5. The summed E-state index contributed by atoms with van der Waals surface area (Å²) in [4.78, 5) is 33.8. The van der Waals surface area contributed by atoms with E-state index in [-0.39, 0.29) is 0 Å². The Morgan fingerprint density at radius 3 is 2.54 bits per heavy atom. The summed E-state index contributed by atoms with van der Waals surface area (Å²) in [7, 11) is 0. The van der Waals surface area contributed by atoms with Gasteiger partial charge in [0.25, 0.3) is 0 Å². The van der Waals surface area contributed by atoms with Crippen LogP contribution < -0.4 is 5.32 Å². The minimum Gasteiger partial charge on any atom is -0.321 e. The van der Waals surface area contributed by atoms with Gasteiger partial charge in [0.2, 0.25) is 5.95 Å². The lowest BCUT2D eigenvalue weighted by Gasteiger charge is -2.33. The van der Waals surface area contributed by atoms with Gasteiger partial charge in [0.1, 0.15) is 17.8 Å². The van der Waals surface area contributed by atoms with Crippen LogP contribution in [0.1, 0.15) is 37.3 Å². The molecular formula is C26H30N8O. The van der Waals surface area contributed by atoms with Crippen LogP contribution in [-0.4, -0.2) is 73.3 Å². The highest BCUT2D eigenvalue weighted by molar-refractivity contribution is 6.06. The lowest BCUT2D eigenvalue weighted by Crippen LogP contribution is -2.46. The van der Waals surface area contributed by atoms with Gasteiger partial charge >= 0.3 is 0 Å². The third-order valence-electron chi connectivity index (χ3n) is 7.30. The second-order valence-corrected chi connectivity index (χ2v) is 9.55. The number of fused-ring (bicyclic) bond motifs is 3. The Hall–Kier alpha value is -3.43. The predicted octanol–water partition coefficient (Wildman–Crippen LogP) is 3.55. The van der Waals surface area contributed by atoms with Crippen molar-refractivity contribution in [3.8, 4) is 0 Å². The molecule has 0 bridgehead atoms. The van der Waals surface area contributed by atoms with E-state index in [1.807, 2.05) is 30.9 Å². The van der Waals surface area contributed by atoms with E-state index in [0.29, 0.717) is 18.5 Å². The van der Waals surface area contributed by atoms with Crippen molar-refractivity contribution >= 4 is 40.0 Å². The number of nitrogens with one attached hydrogen (secondary N) is 1. The largest absolute Gasteiger partial charge is 0.321 e. The van der Waals surface area contributed by atoms with Crippen LogP contribution in [0.15, 0.2) is 43.0 Å². The molecule has 0 unspecified atom stereocenters. The van der Waals surface area contributed by atoms with Gasteiger partial charge in [0.05, 0.1) is 18.3 Å². The summed E-state index contributed by atoms with van der Waals surface area (Å²) < 4.78 is 2.36. The molecule has 0 aromatic carbocycles. The average molecular weight is 471 g/mol. The number of aldehydes is 1. The summed E-state index contributed by atoms with van der Waals surface area (Å²) in [6, 6.07) is 6.61. The SMILES string of the molecule is O=CCN1CCN(Cc2ccc(Nc3ncc4c5ccncc5n(C5CCCC5)c4n3)nc2)CC1. The van der Waals surface area contributed by atoms with Gasteiger partial charge in [-0.25, -0.2) is 9.97 Å². The maximum absolute atomic E-state index is 10.7. The Morgan fingerprint density at radius 1 is 0.943 bits per heavy atom. The average Bonchev–Trinajstić information content (AvgIpc) is 3.52. The maximum atomic E-state index is 10.7. The molecule has 9 nitrogen and oxygen atoms in total. The van der Waals surface area contributed by atoms with Crippen molar-refractivity contribution in [1.82, 2.24) is 34.3 Å². The zero-order chi connectivity index (χ0) is 23.6. The summed E-state index contributed by atoms with van der Waals surface area (Å²) >= 11 is 0. The Morgan fingerprint density at radius 2 is 1.77 bits per heavy atom. The Balaban J connectivity index is 1.19. The first kappa shape index (κ1) is 22.1. The van der Waals surface area contributed by atoms with Crippen LogP contribution in [0.25, 0.3) is 21.9 Å². The van der Waals surface area contributed by atoms with Gasteiger partial charge in [0.15, 0.2) is 0 Å². The summed E-state index contributed by atoms with van der Waals surface area (Å²) in [6.07, 6.45) is 13.5. The fourth-order valence-corrected chi connectivity index (χ4v) is 5.46. The molecule has 4 aromatic rings. The molecule has 0 radical (unpaired) electrons. The van der Waals surface area contributed by atoms with Crippen molar-refractivity contribution in [2.75, 3.05) is 38.0 Å². The van der Waals surface area contributed by atoms with Crippen molar-refractivity contribution in [1.29, 1.82) is 0 Å². The van der Waals surface area contributed by atoms with E-state index in [1.165, 1.54) is 31.2 Å². The fourth-order valence-electron chi connectivity index (χ4n) is 5.46. The Kier molecular flexibility index (Phi) is 6.10. The zero-order valence-corrected chi connectivity index (χ0v) is 19.8. The Bertz CT molecular complexity index is 1320. The lowest BCUT2D eigenvalue weighted by atomic mass is 10.2. The highest BCUT2D eigenvalue weighted by atomic mass is 16.1. The molecule has 4 aromatic heterocycles. The van der Waals surface area contributed by atoms with Crippen molar-refractivity contribution in [2.24, 2.45) is 0 Å². The maximum Gasteiger partial charge on any atom is 0.230 e. The van der Waals surface area contributed by atoms with Gasteiger partial charge in [-0.15, -0.1) is 0 Å². The van der Waals surface area contributed by atoms with Gasteiger partial charge < -0.3 is 14.7 Å². The topological polar surface area (TPSA) is 92.1 Å². The molecule has 6 rings (SSSR count). The molecule has 5 heterocycles. The van der Waals surface area contributed by atoms with Crippen molar-refractivity contribution < 1.29 is 4.79 Å². The summed E-state index contributed by atoms with van der Waals surface area (Å²) in [5.41, 5.74) is 3.27. The minimum absolute atomic E-state index is 0.458. The zero-order valence-electron chi connectivity index (χ0n) is 19.8. The monoisotopic (exact) mass is 470 g/mol. The summed E-state index contributed by atoms with van der Waals surface area (Å²) in [5.74, 6) is 1.29. The van der Waals surface area contributed by atoms with Crippen LogP contribution in [0.5, 0.6) is 0 Å². The third kappa shape index (κ3) is 4.49. The molecule has 1 saturated heterocycles. The molecule has 0 spiro atoms. The van der Waals surface area contributed by atoms with Crippen LogP contribution in [0.4, 0.5) is 11.8 Å². The van der Waals surface area contributed by atoms with Gasteiger partial charge in [-0.05, 0) is 30.5 Å². The molecule has 1 aliphatic heterocycles. The number of carbonyl (C=O) groups excluding carboxylic acids is 1. The minimum atomic E-state index is 0.458. The molecular weight excluding hydrogens is 440 g/mol. The van der Waals surface area contributed by atoms with E-state index >= 15 is 0 Å². The van der Waals surface area contributed by atoms with Crippen LogP contribution in [-0.2, 0) is 11.3 Å². The number of piperazine rings is 1. The molecule has 180 valence electrons. The van der Waals surface area contributed by atoms with Crippen molar-refractivity contribution in [2.45, 2.75) is 38.3 Å².